The zero-order valence-corrected chi connectivity index (χ0v) is 15.0. The van der Waals surface area contributed by atoms with E-state index in [0.29, 0.717) is 43.6 Å². The monoisotopic (exact) mass is 359 g/mol. The highest BCUT2D eigenvalue weighted by atomic mass is 16.5. The molecule has 0 bridgehead atoms. The quantitative estimate of drug-likeness (QED) is 0.838. The maximum atomic E-state index is 11.2. The van der Waals surface area contributed by atoms with Gasteiger partial charge in [0, 0.05) is 6.42 Å². The molecule has 0 spiro atoms. The summed E-state index contributed by atoms with van der Waals surface area (Å²) in [5.74, 6) is 0.0297. The molecule has 2 atom stereocenters. The fourth-order valence-electron chi connectivity index (χ4n) is 4.09. The molecule has 2 fully saturated rings. The Morgan fingerprint density at radius 1 is 1.23 bits per heavy atom. The summed E-state index contributed by atoms with van der Waals surface area (Å²) in [5.41, 5.74) is 0.157. The number of hydrogen-bond acceptors (Lipinski definition) is 5. The Labute approximate surface area is 153 Å². The molecule has 0 radical (unpaired) electrons. The molecule has 1 aromatic carbocycles. The molecule has 0 aliphatic heterocycles. The fourth-order valence-corrected chi connectivity index (χ4v) is 4.09. The van der Waals surface area contributed by atoms with Crippen LogP contribution in [0.15, 0.2) is 18.2 Å². The lowest BCUT2D eigenvalue weighted by molar-refractivity contribution is -0.143. The van der Waals surface area contributed by atoms with Crippen LogP contribution in [0, 0.1) is 17.2 Å². The molecule has 6 heteroatoms. The lowest BCUT2D eigenvalue weighted by atomic mass is 9.67. The first-order chi connectivity index (χ1) is 12.5. The van der Waals surface area contributed by atoms with E-state index in [0.717, 1.165) is 18.4 Å². The lowest BCUT2D eigenvalue weighted by Crippen LogP contribution is -2.33. The van der Waals surface area contributed by atoms with Crippen LogP contribution in [0.4, 0.5) is 0 Å². The zero-order chi connectivity index (χ0) is 18.7. The maximum Gasteiger partial charge on any atom is 0.306 e. The van der Waals surface area contributed by atoms with Crippen molar-refractivity contribution < 1.29 is 24.5 Å². The molecule has 140 valence electrons. The van der Waals surface area contributed by atoms with Crippen molar-refractivity contribution >= 4 is 5.97 Å². The minimum atomic E-state index is -0.782. The van der Waals surface area contributed by atoms with Crippen molar-refractivity contribution in [2.24, 2.45) is 5.92 Å². The maximum absolute atomic E-state index is 11.2. The van der Waals surface area contributed by atoms with Gasteiger partial charge in [0.2, 0.25) is 0 Å². The molecule has 0 amide bonds. The number of hydrogen-bond donors (Lipinski definition) is 2. The molecule has 3 rings (SSSR count). The number of aliphatic hydroxyl groups excluding tert-OH is 1. The summed E-state index contributed by atoms with van der Waals surface area (Å²) in [5, 5.41) is 28.8. The number of benzene rings is 1. The molecule has 6 nitrogen and oxygen atoms in total. The number of carboxylic acid groups (broad SMARTS) is 1. The van der Waals surface area contributed by atoms with E-state index in [1.807, 2.05) is 12.1 Å². The molecule has 2 saturated carbocycles. The molecular weight excluding hydrogens is 334 g/mol. The second-order valence-corrected chi connectivity index (χ2v) is 7.38. The average Bonchev–Trinajstić information content (AvgIpc) is 3.06. The smallest absolute Gasteiger partial charge is 0.306 e. The van der Waals surface area contributed by atoms with Gasteiger partial charge in [-0.05, 0) is 56.2 Å². The van der Waals surface area contributed by atoms with Gasteiger partial charge in [-0.1, -0.05) is 6.07 Å². The second kappa shape index (κ2) is 7.55. The summed E-state index contributed by atoms with van der Waals surface area (Å²) in [6.45, 7) is 0. The normalized spacial score (nSPS) is 31.2. The van der Waals surface area contributed by atoms with Crippen molar-refractivity contribution in [3.05, 3.63) is 23.8 Å². The molecule has 1 aromatic rings. The number of nitriles is 1. The standard InChI is InChI=1S/C20H25NO5/c1-25-17-5-2-14(10-18(17)26-16-4-3-15(22)11-16)20(12-21)8-6-13(7-9-20)19(23)24/h2,5,10,13,15-16,22H,3-4,6-9,11H2,1H3,(H,23,24). The topological polar surface area (TPSA) is 99.8 Å². The Kier molecular flexibility index (Phi) is 5.38. The third-order valence-corrected chi connectivity index (χ3v) is 5.77. The van der Waals surface area contributed by atoms with E-state index in [9.17, 15) is 20.3 Å². The lowest BCUT2D eigenvalue weighted by Gasteiger charge is -2.34. The molecule has 0 heterocycles. The average molecular weight is 359 g/mol. The highest BCUT2D eigenvalue weighted by molar-refractivity contribution is 5.70. The predicted molar refractivity (Wildman–Crippen MR) is 94.2 cm³/mol. The summed E-state index contributed by atoms with van der Waals surface area (Å²) >= 11 is 0. The van der Waals surface area contributed by atoms with Gasteiger partial charge in [0.05, 0.1) is 30.6 Å². The first-order valence-electron chi connectivity index (χ1n) is 9.15. The summed E-state index contributed by atoms with van der Waals surface area (Å²) in [6.07, 6.45) is 3.77. The summed E-state index contributed by atoms with van der Waals surface area (Å²) < 4.78 is 11.5. The first kappa shape index (κ1) is 18.5. The highest BCUT2D eigenvalue weighted by Gasteiger charge is 2.39. The molecular formula is C20H25NO5. The molecule has 0 aromatic heterocycles. The Balaban J connectivity index is 1.84. The number of ether oxygens (including phenoxy) is 2. The van der Waals surface area contributed by atoms with Gasteiger partial charge in [-0.25, -0.2) is 0 Å². The van der Waals surface area contributed by atoms with E-state index in [4.69, 9.17) is 9.47 Å². The third kappa shape index (κ3) is 3.63. The molecule has 26 heavy (non-hydrogen) atoms. The Morgan fingerprint density at radius 3 is 2.50 bits per heavy atom. The van der Waals surface area contributed by atoms with Gasteiger partial charge in [-0.2, -0.15) is 5.26 Å². The molecule has 2 aliphatic rings. The minimum Gasteiger partial charge on any atom is -0.493 e. The Bertz CT molecular complexity index is 703. The van der Waals surface area contributed by atoms with E-state index < -0.39 is 11.4 Å². The van der Waals surface area contributed by atoms with Crippen LogP contribution in [-0.4, -0.2) is 35.5 Å². The highest BCUT2D eigenvalue weighted by Crippen LogP contribution is 2.44. The number of methoxy groups -OCH3 is 1. The number of rotatable bonds is 5. The van der Waals surface area contributed by atoms with Crippen LogP contribution < -0.4 is 9.47 Å². The van der Waals surface area contributed by atoms with Crippen molar-refractivity contribution in [2.75, 3.05) is 7.11 Å². The molecule has 2 unspecified atom stereocenters. The van der Waals surface area contributed by atoms with E-state index in [2.05, 4.69) is 6.07 Å². The SMILES string of the molecule is COc1ccc(C2(C#N)CCC(C(=O)O)CC2)cc1OC1CCC(O)C1. The predicted octanol–water partition coefficient (Wildman–Crippen LogP) is 3.02. The van der Waals surface area contributed by atoms with Gasteiger partial charge in [-0.3, -0.25) is 4.79 Å². The summed E-state index contributed by atoms with van der Waals surface area (Å²) in [6, 6.07) is 7.96. The fraction of sp³-hybridized carbons (Fsp3) is 0.600. The van der Waals surface area contributed by atoms with Gasteiger partial charge in [0.15, 0.2) is 11.5 Å². The number of aliphatic hydroxyl groups is 1. The van der Waals surface area contributed by atoms with Crippen molar-refractivity contribution in [2.45, 2.75) is 62.6 Å². The first-order valence-corrected chi connectivity index (χ1v) is 9.15. The van der Waals surface area contributed by atoms with Crippen LogP contribution in [-0.2, 0) is 10.2 Å². The van der Waals surface area contributed by atoms with Gasteiger partial charge in [0.1, 0.15) is 6.10 Å². The Morgan fingerprint density at radius 2 is 1.96 bits per heavy atom. The largest absolute Gasteiger partial charge is 0.493 e. The van der Waals surface area contributed by atoms with Crippen LogP contribution in [0.3, 0.4) is 0 Å². The van der Waals surface area contributed by atoms with Crippen molar-refractivity contribution in [3.63, 3.8) is 0 Å². The van der Waals surface area contributed by atoms with Crippen LogP contribution in [0.1, 0.15) is 50.5 Å². The van der Waals surface area contributed by atoms with Crippen LogP contribution in [0.5, 0.6) is 11.5 Å². The minimum absolute atomic E-state index is 0.0602. The Hall–Kier alpha value is -2.26. The van der Waals surface area contributed by atoms with Crippen molar-refractivity contribution in [3.8, 4) is 17.6 Å². The zero-order valence-electron chi connectivity index (χ0n) is 15.0. The van der Waals surface area contributed by atoms with Gasteiger partial charge >= 0.3 is 5.97 Å². The van der Waals surface area contributed by atoms with E-state index in [-0.39, 0.29) is 18.1 Å². The van der Waals surface area contributed by atoms with Crippen LogP contribution >= 0.6 is 0 Å². The van der Waals surface area contributed by atoms with E-state index in [1.54, 1.807) is 13.2 Å². The summed E-state index contributed by atoms with van der Waals surface area (Å²) in [4.78, 5) is 11.2. The number of nitrogens with zero attached hydrogens (tertiary/aromatic N) is 1. The van der Waals surface area contributed by atoms with Crippen molar-refractivity contribution in [1.82, 2.24) is 0 Å². The van der Waals surface area contributed by atoms with Gasteiger partial charge in [0.25, 0.3) is 0 Å². The van der Waals surface area contributed by atoms with Gasteiger partial charge in [-0.15, -0.1) is 0 Å². The van der Waals surface area contributed by atoms with E-state index in [1.165, 1.54) is 0 Å². The number of carboxylic acids is 1. The molecule has 2 N–H and O–H groups in total. The van der Waals surface area contributed by atoms with Crippen LogP contribution in [0.25, 0.3) is 0 Å². The van der Waals surface area contributed by atoms with Crippen LogP contribution in [0.2, 0.25) is 0 Å². The van der Waals surface area contributed by atoms with Gasteiger partial charge < -0.3 is 19.7 Å². The second-order valence-electron chi connectivity index (χ2n) is 7.38. The third-order valence-electron chi connectivity index (χ3n) is 5.77. The van der Waals surface area contributed by atoms with Crippen molar-refractivity contribution in [1.29, 1.82) is 5.26 Å². The number of aliphatic carboxylic acids is 1. The van der Waals surface area contributed by atoms with E-state index >= 15 is 0 Å². The molecule has 2 aliphatic carbocycles. The summed E-state index contributed by atoms with van der Waals surface area (Å²) in [7, 11) is 1.57. The molecule has 0 saturated heterocycles. The number of carbonyl (C=O) groups is 1.